The Morgan fingerprint density at radius 3 is 2.59 bits per heavy atom. The molecule has 29 heavy (non-hydrogen) atoms. The molecule has 0 bridgehead atoms. The molecule has 0 saturated carbocycles. The van der Waals surface area contributed by atoms with Gasteiger partial charge >= 0.3 is 5.97 Å². The highest BCUT2D eigenvalue weighted by molar-refractivity contribution is 6.01. The van der Waals surface area contributed by atoms with E-state index < -0.39 is 5.91 Å². The molecule has 148 valence electrons. The number of ether oxygens (including phenoxy) is 2. The Morgan fingerprint density at radius 2 is 1.93 bits per heavy atom. The van der Waals surface area contributed by atoms with Crippen molar-refractivity contribution in [2.24, 2.45) is 0 Å². The van der Waals surface area contributed by atoms with E-state index in [4.69, 9.17) is 9.47 Å². The first-order valence-corrected chi connectivity index (χ1v) is 9.01. The number of hydrogen-bond acceptors (Lipinski definition) is 5. The van der Waals surface area contributed by atoms with Crippen LogP contribution in [0.5, 0.6) is 11.5 Å². The number of carbonyl (C=O) groups excluding carboxylic acids is 2. The Balaban J connectivity index is 2.08. The summed E-state index contributed by atoms with van der Waals surface area (Å²) in [6.07, 6.45) is 3.77. The molecule has 0 aromatic heterocycles. The first kappa shape index (κ1) is 21.5. The number of benzene rings is 2. The van der Waals surface area contributed by atoms with E-state index >= 15 is 0 Å². The van der Waals surface area contributed by atoms with Gasteiger partial charge in [-0.15, -0.1) is 6.58 Å². The van der Waals surface area contributed by atoms with Crippen LogP contribution < -0.4 is 14.8 Å². The topological polar surface area (TPSA) is 88.4 Å². The molecule has 0 aliphatic carbocycles. The standard InChI is InChI=1S/C23H22N2O4/c1-3-13-25-23(27)19(16-24)14-18-9-11-20(21(15-18)28-2)29-22(26)12-10-17-7-5-4-6-8-17/h3-9,11,14-15H,1,10,12-13H2,2H3,(H,25,27)/b19-14+. The fourth-order valence-electron chi connectivity index (χ4n) is 2.50. The predicted octanol–water partition coefficient (Wildman–Crippen LogP) is 3.44. The average Bonchev–Trinajstić information content (AvgIpc) is 2.75. The number of nitriles is 1. The van der Waals surface area contributed by atoms with E-state index in [1.54, 1.807) is 18.2 Å². The number of rotatable bonds is 9. The van der Waals surface area contributed by atoms with Gasteiger partial charge < -0.3 is 14.8 Å². The molecule has 0 unspecified atom stereocenters. The second-order valence-corrected chi connectivity index (χ2v) is 6.04. The summed E-state index contributed by atoms with van der Waals surface area (Å²) in [5.74, 6) is -0.271. The van der Waals surface area contributed by atoms with Gasteiger partial charge in [0, 0.05) is 13.0 Å². The quantitative estimate of drug-likeness (QED) is 0.233. The van der Waals surface area contributed by atoms with Crippen LogP contribution >= 0.6 is 0 Å². The lowest BCUT2D eigenvalue weighted by atomic mass is 10.1. The monoisotopic (exact) mass is 390 g/mol. The van der Waals surface area contributed by atoms with Crippen molar-refractivity contribution in [1.29, 1.82) is 5.26 Å². The molecule has 0 fully saturated rings. The first-order valence-electron chi connectivity index (χ1n) is 9.01. The van der Waals surface area contributed by atoms with Gasteiger partial charge in [0.15, 0.2) is 11.5 Å². The van der Waals surface area contributed by atoms with E-state index in [1.165, 1.54) is 19.3 Å². The third-order valence-corrected chi connectivity index (χ3v) is 3.96. The van der Waals surface area contributed by atoms with E-state index in [9.17, 15) is 14.9 Å². The van der Waals surface area contributed by atoms with Gasteiger partial charge in [0.25, 0.3) is 5.91 Å². The number of amides is 1. The first-order chi connectivity index (χ1) is 14.1. The lowest BCUT2D eigenvalue weighted by Gasteiger charge is -2.10. The van der Waals surface area contributed by atoms with Gasteiger partial charge in [-0.2, -0.15) is 5.26 Å². The molecule has 2 aromatic rings. The maximum atomic E-state index is 12.2. The Labute approximate surface area is 170 Å². The third-order valence-electron chi connectivity index (χ3n) is 3.96. The Kier molecular flexibility index (Phi) is 8.21. The molecular weight excluding hydrogens is 368 g/mol. The lowest BCUT2D eigenvalue weighted by Crippen LogP contribution is -2.24. The average molecular weight is 390 g/mol. The van der Waals surface area contributed by atoms with Crippen molar-refractivity contribution in [2.75, 3.05) is 13.7 Å². The van der Waals surface area contributed by atoms with Gasteiger partial charge in [0.2, 0.25) is 0 Å². The van der Waals surface area contributed by atoms with Gasteiger partial charge in [-0.1, -0.05) is 42.5 Å². The lowest BCUT2D eigenvalue weighted by molar-refractivity contribution is -0.134. The molecule has 6 nitrogen and oxygen atoms in total. The second kappa shape index (κ2) is 11.1. The number of hydrogen-bond donors (Lipinski definition) is 1. The number of carbonyl (C=O) groups is 2. The van der Waals surface area contributed by atoms with E-state index in [2.05, 4.69) is 11.9 Å². The van der Waals surface area contributed by atoms with E-state index in [-0.39, 0.29) is 30.3 Å². The van der Waals surface area contributed by atoms with Crippen LogP contribution in [-0.4, -0.2) is 25.5 Å². The highest BCUT2D eigenvalue weighted by Crippen LogP contribution is 2.29. The fourth-order valence-corrected chi connectivity index (χ4v) is 2.50. The van der Waals surface area contributed by atoms with Crippen molar-refractivity contribution in [1.82, 2.24) is 5.32 Å². The zero-order chi connectivity index (χ0) is 21.1. The molecule has 0 atom stereocenters. The number of nitrogens with zero attached hydrogens (tertiary/aromatic N) is 1. The maximum Gasteiger partial charge on any atom is 0.311 e. The molecule has 0 saturated heterocycles. The van der Waals surface area contributed by atoms with Crippen LogP contribution in [0.25, 0.3) is 6.08 Å². The van der Waals surface area contributed by atoms with Crippen molar-refractivity contribution >= 4 is 18.0 Å². The van der Waals surface area contributed by atoms with Gasteiger partial charge in [0.05, 0.1) is 7.11 Å². The van der Waals surface area contributed by atoms with E-state index in [1.807, 2.05) is 36.4 Å². The molecule has 2 rings (SSSR count). The van der Waals surface area contributed by atoms with Crippen LogP contribution in [0.1, 0.15) is 17.5 Å². The highest BCUT2D eigenvalue weighted by Gasteiger charge is 2.13. The molecule has 0 aliphatic heterocycles. The smallest absolute Gasteiger partial charge is 0.311 e. The van der Waals surface area contributed by atoms with Crippen LogP contribution in [0, 0.1) is 11.3 Å². The molecule has 0 spiro atoms. The van der Waals surface area contributed by atoms with Crippen LogP contribution in [0.2, 0.25) is 0 Å². The number of aryl methyl sites for hydroxylation is 1. The molecule has 1 N–H and O–H groups in total. The zero-order valence-electron chi connectivity index (χ0n) is 16.2. The number of esters is 1. The summed E-state index contributed by atoms with van der Waals surface area (Å²) in [5, 5.41) is 11.8. The Bertz CT molecular complexity index is 943. The summed E-state index contributed by atoms with van der Waals surface area (Å²) >= 11 is 0. The minimum atomic E-state index is -0.497. The summed E-state index contributed by atoms with van der Waals surface area (Å²) < 4.78 is 10.7. The summed E-state index contributed by atoms with van der Waals surface area (Å²) in [6.45, 7) is 3.78. The maximum absolute atomic E-state index is 12.2. The minimum absolute atomic E-state index is 0.0542. The summed E-state index contributed by atoms with van der Waals surface area (Å²) in [7, 11) is 1.45. The van der Waals surface area contributed by atoms with Crippen LogP contribution in [0.4, 0.5) is 0 Å². The number of nitrogens with one attached hydrogen (secondary N) is 1. The summed E-state index contributed by atoms with van der Waals surface area (Å²) in [5.41, 5.74) is 1.56. The minimum Gasteiger partial charge on any atom is -0.493 e. The van der Waals surface area contributed by atoms with Crippen molar-refractivity contribution in [3.8, 4) is 17.6 Å². The second-order valence-electron chi connectivity index (χ2n) is 6.04. The van der Waals surface area contributed by atoms with Crippen molar-refractivity contribution in [2.45, 2.75) is 12.8 Å². The molecule has 0 heterocycles. The molecule has 1 amide bonds. The summed E-state index contributed by atoms with van der Waals surface area (Å²) in [4.78, 5) is 24.1. The van der Waals surface area contributed by atoms with Crippen molar-refractivity contribution in [3.05, 3.63) is 77.9 Å². The van der Waals surface area contributed by atoms with Crippen molar-refractivity contribution in [3.63, 3.8) is 0 Å². The van der Waals surface area contributed by atoms with Gasteiger partial charge in [0.1, 0.15) is 11.6 Å². The van der Waals surface area contributed by atoms with Crippen LogP contribution in [-0.2, 0) is 16.0 Å². The molecule has 0 radical (unpaired) electrons. The number of methoxy groups -OCH3 is 1. The van der Waals surface area contributed by atoms with Crippen LogP contribution in [0.15, 0.2) is 66.8 Å². The predicted molar refractivity (Wildman–Crippen MR) is 110 cm³/mol. The highest BCUT2D eigenvalue weighted by atomic mass is 16.6. The van der Waals surface area contributed by atoms with Gasteiger partial charge in [-0.05, 0) is 35.8 Å². The summed E-state index contributed by atoms with van der Waals surface area (Å²) in [6, 6.07) is 16.3. The van der Waals surface area contributed by atoms with Gasteiger partial charge in [-0.3, -0.25) is 9.59 Å². The largest absolute Gasteiger partial charge is 0.493 e. The zero-order valence-corrected chi connectivity index (χ0v) is 16.2. The molecular formula is C23H22N2O4. The normalized spacial score (nSPS) is 10.6. The third kappa shape index (κ3) is 6.67. The van der Waals surface area contributed by atoms with Gasteiger partial charge in [-0.25, -0.2) is 0 Å². The van der Waals surface area contributed by atoms with Crippen LogP contribution in [0.3, 0.4) is 0 Å². The fraction of sp³-hybridized carbons (Fsp3) is 0.174. The van der Waals surface area contributed by atoms with Crippen molar-refractivity contribution < 1.29 is 19.1 Å². The van der Waals surface area contributed by atoms with E-state index in [0.717, 1.165) is 5.56 Å². The molecule has 2 aromatic carbocycles. The Hall–Kier alpha value is -3.85. The Morgan fingerprint density at radius 1 is 1.17 bits per heavy atom. The molecule has 0 aliphatic rings. The molecule has 6 heteroatoms. The SMILES string of the molecule is C=CCNC(=O)/C(C#N)=C/c1ccc(OC(=O)CCc2ccccc2)c(OC)c1. The van der Waals surface area contributed by atoms with E-state index in [0.29, 0.717) is 17.7 Å².